The number of carboxylic acid groups (broad SMARTS) is 1. The number of carboxylic acids is 1. The van der Waals surface area contributed by atoms with Crippen molar-refractivity contribution >= 4 is 40.8 Å². The number of hydrogen-bond donors (Lipinski definition) is 1. The number of aromatic carboxylic acids is 1. The lowest BCUT2D eigenvalue weighted by Gasteiger charge is -2.13. The van der Waals surface area contributed by atoms with Gasteiger partial charge in [0, 0.05) is 17.3 Å². The summed E-state index contributed by atoms with van der Waals surface area (Å²) < 4.78 is 38.4. The SMILES string of the molecule is O=C(O)c1ncc(C(F)(F)F)cc1-c1ccc(Cl)c(Cl)c1Cl. The first-order chi connectivity index (χ1) is 10.1. The quantitative estimate of drug-likeness (QED) is 0.718. The zero-order valence-electron chi connectivity index (χ0n) is 10.4. The molecule has 0 fully saturated rings. The topological polar surface area (TPSA) is 50.2 Å². The molecule has 9 heteroatoms. The van der Waals surface area contributed by atoms with Gasteiger partial charge in [-0.3, -0.25) is 0 Å². The molecule has 0 radical (unpaired) electrons. The van der Waals surface area contributed by atoms with E-state index >= 15 is 0 Å². The summed E-state index contributed by atoms with van der Waals surface area (Å²) in [7, 11) is 0. The van der Waals surface area contributed by atoms with Crippen LogP contribution in [0.5, 0.6) is 0 Å². The fourth-order valence-corrected chi connectivity index (χ4v) is 2.37. The van der Waals surface area contributed by atoms with Crippen LogP contribution in [0.4, 0.5) is 13.2 Å². The van der Waals surface area contributed by atoms with Crippen LogP contribution in [0.2, 0.25) is 15.1 Å². The highest BCUT2D eigenvalue weighted by molar-refractivity contribution is 6.49. The molecular formula is C13H5Cl3F3NO2. The predicted octanol–water partition coefficient (Wildman–Crippen LogP) is 5.43. The maximum absolute atomic E-state index is 12.8. The first-order valence-electron chi connectivity index (χ1n) is 5.57. The van der Waals surface area contributed by atoms with Gasteiger partial charge in [0.1, 0.15) is 0 Å². The Hall–Kier alpha value is -1.50. The van der Waals surface area contributed by atoms with Crippen molar-refractivity contribution in [2.24, 2.45) is 0 Å². The summed E-state index contributed by atoms with van der Waals surface area (Å²) >= 11 is 17.5. The number of aromatic nitrogens is 1. The van der Waals surface area contributed by atoms with Crippen molar-refractivity contribution in [1.29, 1.82) is 0 Å². The summed E-state index contributed by atoms with van der Waals surface area (Å²) in [5.41, 5.74) is -1.99. The molecule has 0 saturated carbocycles. The molecule has 0 bridgehead atoms. The van der Waals surface area contributed by atoms with Gasteiger partial charge < -0.3 is 5.11 Å². The van der Waals surface area contributed by atoms with Crippen LogP contribution >= 0.6 is 34.8 Å². The van der Waals surface area contributed by atoms with Crippen LogP contribution in [0.15, 0.2) is 24.4 Å². The number of carbonyl (C=O) groups is 1. The Bertz CT molecular complexity index is 763. The minimum Gasteiger partial charge on any atom is -0.476 e. The Kier molecular flexibility index (Phi) is 4.56. The predicted molar refractivity (Wildman–Crippen MR) is 76.7 cm³/mol. The van der Waals surface area contributed by atoms with Crippen LogP contribution in [-0.2, 0) is 6.18 Å². The lowest BCUT2D eigenvalue weighted by molar-refractivity contribution is -0.137. The maximum atomic E-state index is 12.8. The molecule has 2 rings (SSSR count). The Morgan fingerprint density at radius 1 is 1.09 bits per heavy atom. The van der Waals surface area contributed by atoms with E-state index in [-0.39, 0.29) is 26.2 Å². The van der Waals surface area contributed by atoms with E-state index in [0.29, 0.717) is 12.3 Å². The third-order valence-corrected chi connectivity index (χ3v) is 4.04. The van der Waals surface area contributed by atoms with E-state index in [1.807, 2.05) is 0 Å². The van der Waals surface area contributed by atoms with Crippen molar-refractivity contribution < 1.29 is 23.1 Å². The average Bonchev–Trinajstić information content (AvgIpc) is 2.43. The Morgan fingerprint density at radius 2 is 1.73 bits per heavy atom. The van der Waals surface area contributed by atoms with Crippen molar-refractivity contribution in [3.63, 3.8) is 0 Å². The monoisotopic (exact) mass is 369 g/mol. The van der Waals surface area contributed by atoms with Crippen molar-refractivity contribution in [2.45, 2.75) is 6.18 Å². The summed E-state index contributed by atoms with van der Waals surface area (Å²) in [5, 5.41) is 8.94. The maximum Gasteiger partial charge on any atom is 0.417 e. The molecule has 1 aromatic heterocycles. The zero-order chi connectivity index (χ0) is 16.7. The number of halogens is 6. The van der Waals surface area contributed by atoms with E-state index in [2.05, 4.69) is 4.98 Å². The Morgan fingerprint density at radius 3 is 2.27 bits per heavy atom. The van der Waals surface area contributed by atoms with E-state index < -0.39 is 23.4 Å². The first-order valence-corrected chi connectivity index (χ1v) is 6.70. The largest absolute Gasteiger partial charge is 0.476 e. The van der Waals surface area contributed by atoms with Gasteiger partial charge in [0.05, 0.1) is 20.6 Å². The molecule has 0 amide bonds. The van der Waals surface area contributed by atoms with Gasteiger partial charge in [-0.05, 0) is 12.1 Å². The van der Waals surface area contributed by atoms with Crippen molar-refractivity contribution in [2.75, 3.05) is 0 Å². The van der Waals surface area contributed by atoms with Crippen molar-refractivity contribution in [3.05, 3.63) is 50.7 Å². The minimum atomic E-state index is -4.68. The highest BCUT2D eigenvalue weighted by Gasteiger charge is 2.33. The molecule has 0 unspecified atom stereocenters. The molecule has 1 heterocycles. The molecule has 1 aromatic carbocycles. The van der Waals surface area contributed by atoms with Crippen molar-refractivity contribution in [3.8, 4) is 11.1 Å². The number of rotatable bonds is 2. The first kappa shape index (κ1) is 16.9. The van der Waals surface area contributed by atoms with Crippen molar-refractivity contribution in [1.82, 2.24) is 4.98 Å². The fraction of sp³-hybridized carbons (Fsp3) is 0.0769. The highest BCUT2D eigenvalue weighted by Crippen LogP contribution is 2.40. The molecular weight excluding hydrogens is 366 g/mol. The molecule has 0 spiro atoms. The molecule has 0 aliphatic heterocycles. The van der Waals surface area contributed by atoms with E-state index in [0.717, 1.165) is 0 Å². The van der Waals surface area contributed by atoms with E-state index in [9.17, 15) is 18.0 Å². The zero-order valence-corrected chi connectivity index (χ0v) is 12.6. The molecule has 0 aliphatic rings. The number of hydrogen-bond acceptors (Lipinski definition) is 2. The molecule has 0 saturated heterocycles. The highest BCUT2D eigenvalue weighted by atomic mass is 35.5. The third-order valence-electron chi connectivity index (χ3n) is 2.74. The lowest BCUT2D eigenvalue weighted by Crippen LogP contribution is -2.10. The molecule has 0 aliphatic carbocycles. The van der Waals surface area contributed by atoms with Gasteiger partial charge in [-0.25, -0.2) is 9.78 Å². The van der Waals surface area contributed by atoms with Gasteiger partial charge in [-0.15, -0.1) is 0 Å². The minimum absolute atomic E-state index is 0.00735. The molecule has 116 valence electrons. The summed E-state index contributed by atoms with van der Waals surface area (Å²) in [6.45, 7) is 0. The normalized spacial score (nSPS) is 11.5. The van der Waals surface area contributed by atoms with Crippen LogP contribution in [0.3, 0.4) is 0 Å². The van der Waals surface area contributed by atoms with E-state index in [1.54, 1.807) is 0 Å². The van der Waals surface area contributed by atoms with E-state index in [4.69, 9.17) is 39.9 Å². The number of nitrogens with zero attached hydrogens (tertiary/aromatic N) is 1. The second-order valence-corrected chi connectivity index (χ2v) is 5.31. The molecule has 1 N–H and O–H groups in total. The summed E-state index contributed by atoms with van der Waals surface area (Å²) in [4.78, 5) is 14.5. The van der Waals surface area contributed by atoms with Crippen LogP contribution in [0.25, 0.3) is 11.1 Å². The fourth-order valence-electron chi connectivity index (χ4n) is 1.73. The van der Waals surface area contributed by atoms with Crippen LogP contribution in [0, 0.1) is 0 Å². The smallest absolute Gasteiger partial charge is 0.417 e. The van der Waals surface area contributed by atoms with E-state index in [1.165, 1.54) is 12.1 Å². The Balaban J connectivity index is 2.77. The van der Waals surface area contributed by atoms with Gasteiger partial charge in [-0.2, -0.15) is 13.2 Å². The summed E-state index contributed by atoms with van der Waals surface area (Å²) in [5.74, 6) is -1.49. The molecule has 3 nitrogen and oxygen atoms in total. The van der Waals surface area contributed by atoms with Gasteiger partial charge >= 0.3 is 12.1 Å². The number of pyridine rings is 1. The number of benzene rings is 1. The standard InChI is InChI=1S/C13H5Cl3F3NO2/c14-8-2-1-6(9(15)10(8)16)7-3-5(13(17,18)19)4-20-11(7)12(21)22/h1-4H,(H,21,22). The van der Waals surface area contributed by atoms with Gasteiger partial charge in [0.15, 0.2) is 5.69 Å². The van der Waals surface area contributed by atoms with Crippen LogP contribution in [-0.4, -0.2) is 16.1 Å². The molecule has 22 heavy (non-hydrogen) atoms. The molecule has 0 atom stereocenters. The second-order valence-electron chi connectivity index (χ2n) is 4.15. The lowest BCUT2D eigenvalue weighted by atomic mass is 10.0. The van der Waals surface area contributed by atoms with Gasteiger partial charge in [0.25, 0.3) is 0 Å². The Labute approximate surface area is 137 Å². The molecule has 2 aromatic rings. The summed E-state index contributed by atoms with van der Waals surface area (Å²) in [6.07, 6.45) is -4.24. The van der Waals surface area contributed by atoms with Gasteiger partial charge in [0.2, 0.25) is 0 Å². The van der Waals surface area contributed by atoms with Crippen LogP contribution in [0.1, 0.15) is 16.1 Å². The second kappa shape index (κ2) is 5.95. The average molecular weight is 371 g/mol. The summed E-state index contributed by atoms with van der Waals surface area (Å²) in [6, 6.07) is 3.24. The van der Waals surface area contributed by atoms with Gasteiger partial charge in [-0.1, -0.05) is 40.9 Å². The third kappa shape index (κ3) is 3.14. The number of alkyl halides is 3. The van der Waals surface area contributed by atoms with Crippen LogP contribution < -0.4 is 0 Å².